The van der Waals surface area contributed by atoms with E-state index in [0.29, 0.717) is 19.6 Å². The van der Waals surface area contributed by atoms with E-state index in [1.165, 1.54) is 11.6 Å². The molecule has 0 fully saturated rings. The minimum absolute atomic E-state index is 0.0513. The Bertz CT molecular complexity index is 675. The zero-order chi connectivity index (χ0) is 20.2. The van der Waals surface area contributed by atoms with Crippen molar-refractivity contribution in [2.45, 2.75) is 44.7 Å². The Morgan fingerprint density at radius 1 is 1.25 bits per heavy atom. The summed E-state index contributed by atoms with van der Waals surface area (Å²) >= 11 is 0. The number of carbonyl (C=O) groups excluding carboxylic acids is 1. The highest BCUT2D eigenvalue weighted by atomic mass is 16.5. The van der Waals surface area contributed by atoms with Crippen LogP contribution in [-0.4, -0.2) is 45.4 Å². The molecular formula is C23H30O5. The molecule has 0 aromatic heterocycles. The maximum Gasteiger partial charge on any atom is 0.142 e. The Labute approximate surface area is 167 Å². The van der Waals surface area contributed by atoms with Gasteiger partial charge in [0.2, 0.25) is 0 Å². The minimum atomic E-state index is -0.246. The Hall–Kier alpha value is -2.21. The topological polar surface area (TPSA) is 54.0 Å². The molecule has 152 valence electrons. The second kappa shape index (κ2) is 12.3. The van der Waals surface area contributed by atoms with Crippen LogP contribution >= 0.6 is 0 Å². The van der Waals surface area contributed by atoms with E-state index in [4.69, 9.17) is 18.9 Å². The molecule has 2 rings (SSSR count). The lowest BCUT2D eigenvalue weighted by Crippen LogP contribution is -2.29. The van der Waals surface area contributed by atoms with Gasteiger partial charge in [0.05, 0.1) is 32.5 Å². The number of methoxy groups -OCH3 is 2. The van der Waals surface area contributed by atoms with E-state index in [9.17, 15) is 4.79 Å². The predicted molar refractivity (Wildman–Crippen MR) is 109 cm³/mol. The lowest BCUT2D eigenvalue weighted by Gasteiger charge is -2.24. The highest BCUT2D eigenvalue weighted by Gasteiger charge is 2.20. The van der Waals surface area contributed by atoms with Crippen molar-refractivity contribution in [3.05, 3.63) is 65.8 Å². The van der Waals surface area contributed by atoms with Crippen LogP contribution in [0.15, 0.2) is 60.2 Å². The van der Waals surface area contributed by atoms with Gasteiger partial charge in [-0.25, -0.2) is 0 Å². The van der Waals surface area contributed by atoms with Gasteiger partial charge in [0, 0.05) is 7.11 Å². The van der Waals surface area contributed by atoms with Gasteiger partial charge >= 0.3 is 0 Å². The molecule has 0 unspecified atom stereocenters. The molecule has 0 N–H and O–H groups in total. The van der Waals surface area contributed by atoms with Crippen LogP contribution in [0.5, 0.6) is 5.75 Å². The summed E-state index contributed by atoms with van der Waals surface area (Å²) in [7, 11) is 3.30. The third kappa shape index (κ3) is 7.43. The molecule has 0 bridgehead atoms. The number of rotatable bonds is 11. The van der Waals surface area contributed by atoms with Crippen LogP contribution in [0.2, 0.25) is 0 Å². The van der Waals surface area contributed by atoms with Crippen molar-refractivity contribution in [1.29, 1.82) is 0 Å². The third-order valence-electron chi connectivity index (χ3n) is 4.63. The largest absolute Gasteiger partial charge is 0.497 e. The first-order valence-corrected chi connectivity index (χ1v) is 9.49. The molecule has 1 aromatic rings. The molecule has 1 heterocycles. The smallest absolute Gasteiger partial charge is 0.142 e. The van der Waals surface area contributed by atoms with Crippen molar-refractivity contribution >= 4 is 6.29 Å². The fourth-order valence-electron chi connectivity index (χ4n) is 2.98. The van der Waals surface area contributed by atoms with Gasteiger partial charge in [0.1, 0.15) is 18.1 Å². The zero-order valence-corrected chi connectivity index (χ0v) is 16.9. The predicted octanol–water partition coefficient (Wildman–Crippen LogP) is 4.03. The van der Waals surface area contributed by atoms with Crippen LogP contribution in [0.25, 0.3) is 0 Å². The SMILES string of the molecule is COc1ccc(CO[C@H](C/C=C/C=O)[C@H](/C=C/[C@@H]2CC(C)=CCO2)OC)cc1. The molecule has 1 aromatic carbocycles. The van der Waals surface area contributed by atoms with Gasteiger partial charge in [0.25, 0.3) is 0 Å². The van der Waals surface area contributed by atoms with E-state index in [1.54, 1.807) is 20.3 Å². The molecule has 28 heavy (non-hydrogen) atoms. The third-order valence-corrected chi connectivity index (χ3v) is 4.63. The van der Waals surface area contributed by atoms with Crippen molar-refractivity contribution in [3.8, 4) is 5.75 Å². The maximum atomic E-state index is 10.6. The van der Waals surface area contributed by atoms with Gasteiger partial charge in [-0.05, 0) is 43.5 Å². The summed E-state index contributed by atoms with van der Waals surface area (Å²) in [6, 6.07) is 7.76. The Kier molecular flexibility index (Phi) is 9.69. The van der Waals surface area contributed by atoms with Crippen molar-refractivity contribution < 1.29 is 23.7 Å². The monoisotopic (exact) mass is 386 g/mol. The van der Waals surface area contributed by atoms with Crippen molar-refractivity contribution in [1.82, 2.24) is 0 Å². The van der Waals surface area contributed by atoms with Crippen LogP contribution in [0.1, 0.15) is 25.3 Å². The van der Waals surface area contributed by atoms with Gasteiger partial charge < -0.3 is 18.9 Å². The quantitative estimate of drug-likeness (QED) is 0.326. The first kappa shape index (κ1) is 22.1. The molecule has 0 saturated carbocycles. The van der Waals surface area contributed by atoms with Crippen molar-refractivity contribution in [3.63, 3.8) is 0 Å². The van der Waals surface area contributed by atoms with Gasteiger partial charge in [0.15, 0.2) is 0 Å². The standard InChI is InChI=1S/C23H30O5/c1-18-13-15-27-21(16-18)11-12-22(26-3)23(6-4-5-14-24)28-17-19-7-9-20(25-2)10-8-19/h4-5,7-14,21-23H,6,15-17H2,1-3H3/b5-4+,12-11+/t21-,22+,23-/m1/s1. The number of hydrogen-bond acceptors (Lipinski definition) is 5. The van der Waals surface area contributed by atoms with Crippen LogP contribution in [-0.2, 0) is 25.6 Å². The van der Waals surface area contributed by atoms with Gasteiger partial charge in [-0.2, -0.15) is 0 Å². The van der Waals surface area contributed by atoms with E-state index >= 15 is 0 Å². The molecule has 1 aliphatic heterocycles. The van der Waals surface area contributed by atoms with Gasteiger partial charge in [-0.1, -0.05) is 42.0 Å². The maximum absolute atomic E-state index is 10.6. The molecule has 0 radical (unpaired) electrons. The minimum Gasteiger partial charge on any atom is -0.497 e. The first-order chi connectivity index (χ1) is 13.7. The molecule has 0 aliphatic carbocycles. The molecule has 3 atom stereocenters. The lowest BCUT2D eigenvalue weighted by molar-refractivity contribution is -0.104. The number of benzene rings is 1. The number of hydrogen-bond donors (Lipinski definition) is 0. The zero-order valence-electron chi connectivity index (χ0n) is 16.9. The van der Waals surface area contributed by atoms with Crippen LogP contribution in [0.3, 0.4) is 0 Å². The van der Waals surface area contributed by atoms with Crippen LogP contribution < -0.4 is 4.74 Å². The fraction of sp³-hybridized carbons (Fsp3) is 0.435. The Balaban J connectivity index is 2.01. The highest BCUT2D eigenvalue weighted by molar-refractivity contribution is 5.64. The van der Waals surface area contributed by atoms with E-state index in [1.807, 2.05) is 36.4 Å². The molecule has 5 heteroatoms. The summed E-state index contributed by atoms with van der Waals surface area (Å²) in [6.45, 7) is 3.19. The number of carbonyl (C=O) groups is 1. The molecule has 0 amide bonds. The summed E-state index contributed by atoms with van der Waals surface area (Å²) in [5.41, 5.74) is 2.37. The molecule has 0 spiro atoms. The number of ether oxygens (including phenoxy) is 4. The van der Waals surface area contributed by atoms with E-state index in [-0.39, 0.29) is 18.3 Å². The number of aldehydes is 1. The molecule has 5 nitrogen and oxygen atoms in total. The average molecular weight is 386 g/mol. The summed E-state index contributed by atoms with van der Waals surface area (Å²) < 4.78 is 22.7. The van der Waals surface area contributed by atoms with E-state index in [2.05, 4.69) is 13.0 Å². The first-order valence-electron chi connectivity index (χ1n) is 9.49. The normalized spacial score (nSPS) is 19.5. The van der Waals surface area contributed by atoms with Crippen molar-refractivity contribution in [2.24, 2.45) is 0 Å². The Morgan fingerprint density at radius 3 is 2.68 bits per heavy atom. The Morgan fingerprint density at radius 2 is 2.04 bits per heavy atom. The van der Waals surface area contributed by atoms with Gasteiger partial charge in [-0.15, -0.1) is 0 Å². The summed E-state index contributed by atoms with van der Waals surface area (Å²) in [5.74, 6) is 0.809. The second-order valence-corrected chi connectivity index (χ2v) is 6.71. The van der Waals surface area contributed by atoms with Crippen LogP contribution in [0.4, 0.5) is 0 Å². The molecule has 0 saturated heterocycles. The second-order valence-electron chi connectivity index (χ2n) is 6.71. The highest BCUT2D eigenvalue weighted by Crippen LogP contribution is 2.19. The van der Waals surface area contributed by atoms with Crippen LogP contribution in [0, 0.1) is 0 Å². The molecule has 1 aliphatic rings. The van der Waals surface area contributed by atoms with E-state index < -0.39 is 0 Å². The number of allylic oxidation sites excluding steroid dienone is 1. The van der Waals surface area contributed by atoms with Crippen molar-refractivity contribution in [2.75, 3.05) is 20.8 Å². The summed E-state index contributed by atoms with van der Waals surface area (Å²) in [4.78, 5) is 10.6. The summed E-state index contributed by atoms with van der Waals surface area (Å²) in [5, 5.41) is 0. The fourth-order valence-corrected chi connectivity index (χ4v) is 2.98. The summed E-state index contributed by atoms with van der Waals surface area (Å²) in [6.07, 6.45) is 11.2. The molecular weight excluding hydrogens is 356 g/mol. The van der Waals surface area contributed by atoms with E-state index in [0.717, 1.165) is 24.0 Å². The lowest BCUT2D eigenvalue weighted by atomic mass is 10.0. The average Bonchev–Trinajstić information content (AvgIpc) is 2.72. The van der Waals surface area contributed by atoms with Gasteiger partial charge in [-0.3, -0.25) is 4.79 Å².